The summed E-state index contributed by atoms with van der Waals surface area (Å²) in [6, 6.07) is 1.89. The van der Waals surface area contributed by atoms with Gasteiger partial charge in [0.15, 0.2) is 0 Å². The normalized spacial score (nSPS) is 12.3. The van der Waals surface area contributed by atoms with Crippen LogP contribution in [0.15, 0.2) is 0 Å². The van der Waals surface area contributed by atoms with Crippen LogP contribution in [0, 0.1) is 11.3 Å². The van der Waals surface area contributed by atoms with E-state index in [1.54, 1.807) is 4.90 Å². The summed E-state index contributed by atoms with van der Waals surface area (Å²) in [4.78, 5) is 15.6. The van der Waals surface area contributed by atoms with Crippen LogP contribution in [0.5, 0.6) is 0 Å². The lowest BCUT2D eigenvalue weighted by atomic mass is 10.2. The Labute approximate surface area is 92.5 Å². The van der Waals surface area contributed by atoms with Crippen molar-refractivity contribution in [3.8, 4) is 6.07 Å². The summed E-state index contributed by atoms with van der Waals surface area (Å²) >= 11 is 0. The Bertz CT molecular complexity index is 230. The zero-order valence-corrected chi connectivity index (χ0v) is 10.2. The Hall–Kier alpha value is -1.08. The second-order valence-electron chi connectivity index (χ2n) is 3.41. The summed E-state index contributed by atoms with van der Waals surface area (Å²) in [5.41, 5.74) is 0. The molecule has 0 aromatic rings. The van der Waals surface area contributed by atoms with Gasteiger partial charge in [0, 0.05) is 13.1 Å². The van der Waals surface area contributed by atoms with Crippen LogP contribution in [0.25, 0.3) is 0 Å². The SMILES string of the molecule is CCN(CC)C(=O)C(C)N(CC)CC#N. The maximum Gasteiger partial charge on any atom is 0.239 e. The predicted octanol–water partition coefficient (Wildman–Crippen LogP) is 1.09. The smallest absolute Gasteiger partial charge is 0.239 e. The van der Waals surface area contributed by atoms with Crippen LogP contribution < -0.4 is 0 Å². The highest BCUT2D eigenvalue weighted by Crippen LogP contribution is 2.03. The van der Waals surface area contributed by atoms with Crippen molar-refractivity contribution in [1.82, 2.24) is 9.80 Å². The number of nitriles is 1. The highest BCUT2D eigenvalue weighted by atomic mass is 16.2. The van der Waals surface area contributed by atoms with Crippen LogP contribution in [0.3, 0.4) is 0 Å². The van der Waals surface area contributed by atoms with Crippen molar-refractivity contribution in [1.29, 1.82) is 5.26 Å². The first kappa shape index (κ1) is 13.9. The minimum Gasteiger partial charge on any atom is -0.342 e. The fourth-order valence-electron chi connectivity index (χ4n) is 1.57. The van der Waals surface area contributed by atoms with Crippen LogP contribution in [0.2, 0.25) is 0 Å². The highest BCUT2D eigenvalue weighted by molar-refractivity contribution is 5.81. The Morgan fingerprint density at radius 1 is 1.27 bits per heavy atom. The zero-order chi connectivity index (χ0) is 11.8. The molecule has 4 nitrogen and oxygen atoms in total. The fraction of sp³-hybridized carbons (Fsp3) is 0.818. The van der Waals surface area contributed by atoms with Crippen molar-refractivity contribution >= 4 is 5.91 Å². The topological polar surface area (TPSA) is 47.3 Å². The lowest BCUT2D eigenvalue weighted by Gasteiger charge is -2.29. The van der Waals surface area contributed by atoms with Gasteiger partial charge in [-0.25, -0.2) is 0 Å². The van der Waals surface area contributed by atoms with Crippen molar-refractivity contribution < 1.29 is 4.79 Å². The van der Waals surface area contributed by atoms with E-state index in [0.29, 0.717) is 6.54 Å². The number of hydrogen-bond acceptors (Lipinski definition) is 3. The Kier molecular flexibility index (Phi) is 6.72. The van der Waals surface area contributed by atoms with Gasteiger partial charge in [0.05, 0.1) is 18.7 Å². The molecule has 0 radical (unpaired) electrons. The van der Waals surface area contributed by atoms with E-state index in [0.717, 1.165) is 19.6 Å². The average molecular weight is 211 g/mol. The van der Waals surface area contributed by atoms with Crippen molar-refractivity contribution in [3.05, 3.63) is 0 Å². The van der Waals surface area contributed by atoms with Crippen LogP contribution in [-0.2, 0) is 4.79 Å². The Morgan fingerprint density at radius 2 is 1.80 bits per heavy atom. The maximum absolute atomic E-state index is 12.0. The summed E-state index contributed by atoms with van der Waals surface area (Å²) in [6.45, 7) is 10.2. The molecule has 0 saturated carbocycles. The lowest BCUT2D eigenvalue weighted by molar-refractivity contribution is -0.135. The largest absolute Gasteiger partial charge is 0.342 e. The quantitative estimate of drug-likeness (QED) is 0.618. The summed E-state index contributed by atoms with van der Waals surface area (Å²) in [6.07, 6.45) is 0. The van der Waals surface area contributed by atoms with Gasteiger partial charge < -0.3 is 4.90 Å². The van der Waals surface area contributed by atoms with Gasteiger partial charge in [-0.1, -0.05) is 6.92 Å². The van der Waals surface area contributed by atoms with Gasteiger partial charge in [0.1, 0.15) is 0 Å². The molecule has 0 aliphatic rings. The minimum atomic E-state index is -0.199. The first-order valence-electron chi connectivity index (χ1n) is 5.52. The van der Waals surface area contributed by atoms with Crippen LogP contribution in [-0.4, -0.2) is 47.9 Å². The number of hydrogen-bond donors (Lipinski definition) is 0. The standard InChI is InChI=1S/C11H21N3O/c1-5-13(6-2)11(15)10(4)14(7-3)9-8-12/h10H,5-7,9H2,1-4H3. The van der Waals surface area contributed by atoms with Gasteiger partial charge in [-0.15, -0.1) is 0 Å². The third kappa shape index (κ3) is 3.88. The summed E-state index contributed by atoms with van der Waals surface area (Å²) in [7, 11) is 0. The molecule has 1 amide bonds. The summed E-state index contributed by atoms with van der Waals surface area (Å²) in [5.74, 6) is 0.108. The molecule has 0 aromatic carbocycles. The molecule has 0 rings (SSSR count). The van der Waals surface area contributed by atoms with Crippen LogP contribution in [0.1, 0.15) is 27.7 Å². The van der Waals surface area contributed by atoms with E-state index >= 15 is 0 Å². The number of amides is 1. The fourth-order valence-corrected chi connectivity index (χ4v) is 1.57. The molecule has 0 aromatic heterocycles. The highest BCUT2D eigenvalue weighted by Gasteiger charge is 2.22. The average Bonchev–Trinajstić information content (AvgIpc) is 2.26. The summed E-state index contributed by atoms with van der Waals surface area (Å²) < 4.78 is 0. The molecule has 1 unspecified atom stereocenters. The molecule has 0 aliphatic carbocycles. The van der Waals surface area contributed by atoms with Crippen molar-refractivity contribution in [2.75, 3.05) is 26.2 Å². The second kappa shape index (κ2) is 7.24. The maximum atomic E-state index is 12.0. The molecule has 0 spiro atoms. The van der Waals surface area contributed by atoms with Crippen LogP contribution >= 0.6 is 0 Å². The van der Waals surface area contributed by atoms with Gasteiger partial charge in [0.2, 0.25) is 5.91 Å². The van der Waals surface area contributed by atoms with Crippen molar-refractivity contribution in [2.45, 2.75) is 33.7 Å². The molecule has 4 heteroatoms. The van der Waals surface area contributed by atoms with Gasteiger partial charge >= 0.3 is 0 Å². The van der Waals surface area contributed by atoms with Gasteiger partial charge in [-0.3, -0.25) is 9.69 Å². The number of carbonyl (C=O) groups excluding carboxylic acids is 1. The molecule has 1 atom stereocenters. The van der Waals surface area contributed by atoms with Crippen molar-refractivity contribution in [3.63, 3.8) is 0 Å². The van der Waals surface area contributed by atoms with E-state index < -0.39 is 0 Å². The zero-order valence-electron chi connectivity index (χ0n) is 10.2. The molecular weight excluding hydrogens is 190 g/mol. The monoisotopic (exact) mass is 211 g/mol. The predicted molar refractivity (Wildman–Crippen MR) is 60.3 cm³/mol. The molecular formula is C11H21N3O. The summed E-state index contributed by atoms with van der Waals surface area (Å²) in [5, 5.41) is 8.63. The number of carbonyl (C=O) groups is 1. The minimum absolute atomic E-state index is 0.108. The number of rotatable bonds is 6. The molecule has 0 heterocycles. The van der Waals surface area contributed by atoms with Crippen molar-refractivity contribution in [2.24, 2.45) is 0 Å². The number of nitrogens with zero attached hydrogens (tertiary/aromatic N) is 3. The Morgan fingerprint density at radius 3 is 2.13 bits per heavy atom. The molecule has 86 valence electrons. The first-order valence-corrected chi connectivity index (χ1v) is 5.52. The van der Waals surface area contributed by atoms with E-state index in [2.05, 4.69) is 6.07 Å². The molecule has 15 heavy (non-hydrogen) atoms. The van der Waals surface area contributed by atoms with E-state index in [1.807, 2.05) is 32.6 Å². The second-order valence-corrected chi connectivity index (χ2v) is 3.41. The molecule has 0 N–H and O–H groups in total. The third-order valence-corrected chi connectivity index (χ3v) is 2.66. The molecule has 0 saturated heterocycles. The van der Waals surface area contributed by atoms with Gasteiger partial charge in [-0.05, 0) is 27.3 Å². The first-order chi connectivity index (χ1) is 7.12. The number of likely N-dealkylation sites (N-methyl/N-ethyl adjacent to an activating group) is 2. The Balaban J connectivity index is 4.46. The van der Waals surface area contributed by atoms with E-state index in [1.165, 1.54) is 0 Å². The van der Waals surface area contributed by atoms with Crippen LogP contribution in [0.4, 0.5) is 0 Å². The van der Waals surface area contributed by atoms with E-state index in [-0.39, 0.29) is 11.9 Å². The van der Waals surface area contributed by atoms with E-state index in [4.69, 9.17) is 5.26 Å². The van der Waals surface area contributed by atoms with Gasteiger partial charge in [0.25, 0.3) is 0 Å². The third-order valence-electron chi connectivity index (χ3n) is 2.66. The molecule has 0 fully saturated rings. The van der Waals surface area contributed by atoms with E-state index in [9.17, 15) is 4.79 Å². The lowest BCUT2D eigenvalue weighted by Crippen LogP contribution is -2.47. The molecule has 0 bridgehead atoms. The molecule has 0 aliphatic heterocycles. The van der Waals surface area contributed by atoms with Gasteiger partial charge in [-0.2, -0.15) is 5.26 Å².